The van der Waals surface area contributed by atoms with Gasteiger partial charge in [0.15, 0.2) is 6.61 Å². The van der Waals surface area contributed by atoms with Crippen molar-refractivity contribution >= 4 is 17.6 Å². The summed E-state index contributed by atoms with van der Waals surface area (Å²) in [4.78, 5) is 27.3. The molecule has 0 fully saturated rings. The van der Waals surface area contributed by atoms with E-state index in [9.17, 15) is 9.59 Å². The van der Waals surface area contributed by atoms with E-state index in [0.717, 1.165) is 16.7 Å². The Morgan fingerprint density at radius 1 is 1.18 bits per heavy atom. The zero-order chi connectivity index (χ0) is 20.8. The first-order valence-electron chi connectivity index (χ1n) is 9.14. The van der Waals surface area contributed by atoms with Crippen LogP contribution in [0.25, 0.3) is 0 Å². The normalized spacial score (nSPS) is 11.3. The fourth-order valence-electron chi connectivity index (χ4n) is 2.86. The quantitative estimate of drug-likeness (QED) is 0.434. The Bertz CT molecular complexity index is 913. The van der Waals surface area contributed by atoms with Crippen molar-refractivity contribution in [2.24, 2.45) is 5.10 Å². The topological polar surface area (TPSA) is 92.8 Å². The van der Waals surface area contributed by atoms with Crippen LogP contribution in [0.2, 0.25) is 0 Å². The number of amides is 1. The fourth-order valence-corrected chi connectivity index (χ4v) is 2.86. The Balaban J connectivity index is 2.04. The molecule has 0 radical (unpaired) electrons. The molecule has 0 spiro atoms. The number of carbonyl (C=O) groups is 2. The predicted molar refractivity (Wildman–Crippen MR) is 108 cm³/mol. The Labute approximate surface area is 165 Å². The lowest BCUT2D eigenvalue weighted by molar-refractivity contribution is -0.123. The summed E-state index contributed by atoms with van der Waals surface area (Å²) in [5.41, 5.74) is 7.66. The number of nitrogens with zero attached hydrogens (tertiary/aromatic N) is 1. The van der Waals surface area contributed by atoms with Gasteiger partial charge in [-0.2, -0.15) is 5.10 Å². The van der Waals surface area contributed by atoms with Gasteiger partial charge in [0, 0.05) is 5.69 Å². The minimum absolute atomic E-state index is 0.141. The third kappa shape index (κ3) is 5.00. The lowest BCUT2D eigenvalue weighted by Gasteiger charge is -2.09. The Hall–Kier alpha value is -3.09. The second kappa shape index (κ2) is 9.21. The van der Waals surface area contributed by atoms with Crippen molar-refractivity contribution in [1.82, 2.24) is 10.4 Å². The van der Waals surface area contributed by atoms with Crippen molar-refractivity contribution in [1.29, 1.82) is 0 Å². The lowest BCUT2D eigenvalue weighted by Crippen LogP contribution is -2.26. The van der Waals surface area contributed by atoms with E-state index >= 15 is 0 Å². The molecule has 0 aliphatic rings. The summed E-state index contributed by atoms with van der Waals surface area (Å²) in [6.07, 6.45) is 0. The van der Waals surface area contributed by atoms with Crippen LogP contribution in [0.1, 0.15) is 52.3 Å². The second-order valence-corrected chi connectivity index (χ2v) is 6.64. The van der Waals surface area contributed by atoms with Gasteiger partial charge in [0.25, 0.3) is 5.91 Å². The standard InChI is InChI=1S/C21H27N3O4/c1-7-27-21(26)19-14(4)20(22-15(19)5)16(6)23-24-18(25)11-28-17-10-12(2)8-9-13(17)3/h8-10,22H,7,11H2,1-6H3,(H,24,25). The van der Waals surface area contributed by atoms with E-state index in [1.165, 1.54) is 0 Å². The summed E-state index contributed by atoms with van der Waals surface area (Å²) in [6, 6.07) is 5.82. The molecule has 0 aliphatic carbocycles. The van der Waals surface area contributed by atoms with Crippen LogP contribution in [-0.4, -0.2) is 35.8 Å². The molecule has 0 saturated heterocycles. The van der Waals surface area contributed by atoms with E-state index in [2.05, 4.69) is 15.5 Å². The number of hydrogen-bond acceptors (Lipinski definition) is 5. The molecule has 2 aromatic rings. The number of H-pyrrole nitrogens is 1. The smallest absolute Gasteiger partial charge is 0.340 e. The molecular formula is C21H27N3O4. The molecular weight excluding hydrogens is 358 g/mol. The molecule has 0 aliphatic heterocycles. The van der Waals surface area contributed by atoms with Gasteiger partial charge in [-0.25, -0.2) is 10.2 Å². The van der Waals surface area contributed by atoms with Crippen LogP contribution >= 0.6 is 0 Å². The van der Waals surface area contributed by atoms with E-state index in [4.69, 9.17) is 9.47 Å². The van der Waals surface area contributed by atoms with Gasteiger partial charge >= 0.3 is 5.97 Å². The minimum atomic E-state index is -0.376. The van der Waals surface area contributed by atoms with Crippen molar-refractivity contribution in [3.05, 3.63) is 51.8 Å². The summed E-state index contributed by atoms with van der Waals surface area (Å²) in [7, 11) is 0. The molecule has 1 amide bonds. The zero-order valence-corrected chi connectivity index (χ0v) is 17.2. The number of aryl methyl sites for hydroxylation is 3. The van der Waals surface area contributed by atoms with Gasteiger partial charge in [-0.3, -0.25) is 4.79 Å². The van der Waals surface area contributed by atoms with Crippen LogP contribution in [0.15, 0.2) is 23.3 Å². The highest BCUT2D eigenvalue weighted by atomic mass is 16.5. The van der Waals surface area contributed by atoms with Crippen LogP contribution in [0, 0.1) is 27.7 Å². The highest BCUT2D eigenvalue weighted by Crippen LogP contribution is 2.20. The summed E-state index contributed by atoms with van der Waals surface area (Å²) in [5, 5.41) is 4.12. The summed E-state index contributed by atoms with van der Waals surface area (Å²) in [5.74, 6) is -0.0728. The molecule has 7 nitrogen and oxygen atoms in total. The minimum Gasteiger partial charge on any atom is -0.483 e. The van der Waals surface area contributed by atoms with E-state index in [0.29, 0.717) is 35.0 Å². The van der Waals surface area contributed by atoms with Crippen LogP contribution in [-0.2, 0) is 9.53 Å². The number of hydrogen-bond donors (Lipinski definition) is 2. The van der Waals surface area contributed by atoms with Crippen LogP contribution in [0.5, 0.6) is 5.75 Å². The number of aromatic nitrogens is 1. The van der Waals surface area contributed by atoms with Crippen molar-refractivity contribution in [2.45, 2.75) is 41.5 Å². The first kappa shape index (κ1) is 21.2. The molecule has 2 N–H and O–H groups in total. The lowest BCUT2D eigenvalue weighted by atomic mass is 10.1. The fraction of sp³-hybridized carbons (Fsp3) is 0.381. The third-order valence-corrected chi connectivity index (χ3v) is 4.33. The maximum absolute atomic E-state index is 12.1. The SMILES string of the molecule is CCOC(=O)c1c(C)[nH]c(C(C)=NNC(=O)COc2cc(C)ccc2C)c1C. The molecule has 0 saturated carbocycles. The Kier molecular flexibility index (Phi) is 6.98. The van der Waals surface area contributed by atoms with Gasteiger partial charge in [0.2, 0.25) is 0 Å². The molecule has 7 heteroatoms. The van der Waals surface area contributed by atoms with Crippen molar-refractivity contribution in [3.63, 3.8) is 0 Å². The maximum Gasteiger partial charge on any atom is 0.340 e. The molecule has 0 unspecified atom stereocenters. The van der Waals surface area contributed by atoms with Gasteiger partial charge < -0.3 is 14.5 Å². The molecule has 150 valence electrons. The van der Waals surface area contributed by atoms with Gasteiger partial charge in [-0.15, -0.1) is 0 Å². The number of nitrogens with one attached hydrogen (secondary N) is 2. The summed E-state index contributed by atoms with van der Waals surface area (Å²) < 4.78 is 10.7. The second-order valence-electron chi connectivity index (χ2n) is 6.64. The average Bonchev–Trinajstić information content (AvgIpc) is 2.95. The highest BCUT2D eigenvalue weighted by molar-refractivity contribution is 6.03. The van der Waals surface area contributed by atoms with E-state index < -0.39 is 0 Å². The molecule has 1 heterocycles. The number of hydrazone groups is 1. The van der Waals surface area contributed by atoms with Crippen LogP contribution < -0.4 is 10.2 Å². The number of carbonyl (C=O) groups excluding carboxylic acids is 2. The number of benzene rings is 1. The molecule has 0 bridgehead atoms. The summed E-state index contributed by atoms with van der Waals surface area (Å²) >= 11 is 0. The highest BCUT2D eigenvalue weighted by Gasteiger charge is 2.20. The van der Waals surface area contributed by atoms with Crippen LogP contribution in [0.3, 0.4) is 0 Å². The average molecular weight is 385 g/mol. The van der Waals surface area contributed by atoms with Gasteiger partial charge in [0.05, 0.1) is 23.6 Å². The molecule has 1 aromatic carbocycles. The van der Waals surface area contributed by atoms with Gasteiger partial charge in [0.1, 0.15) is 5.75 Å². The van der Waals surface area contributed by atoms with E-state index in [1.54, 1.807) is 20.8 Å². The first-order chi connectivity index (χ1) is 13.2. The van der Waals surface area contributed by atoms with Gasteiger partial charge in [-0.1, -0.05) is 12.1 Å². The van der Waals surface area contributed by atoms with Gasteiger partial charge in [-0.05, 0) is 64.3 Å². The maximum atomic E-state index is 12.1. The molecule has 1 aromatic heterocycles. The Morgan fingerprint density at radius 2 is 1.89 bits per heavy atom. The Morgan fingerprint density at radius 3 is 2.57 bits per heavy atom. The zero-order valence-electron chi connectivity index (χ0n) is 17.2. The molecule has 0 atom stereocenters. The van der Waals surface area contributed by atoms with E-state index in [-0.39, 0.29) is 18.5 Å². The number of ether oxygens (including phenoxy) is 2. The van der Waals surface area contributed by atoms with E-state index in [1.807, 2.05) is 39.0 Å². The van der Waals surface area contributed by atoms with Crippen LogP contribution in [0.4, 0.5) is 0 Å². The van der Waals surface area contributed by atoms with Crippen molar-refractivity contribution < 1.29 is 19.1 Å². The number of esters is 1. The monoisotopic (exact) mass is 385 g/mol. The molecule has 28 heavy (non-hydrogen) atoms. The predicted octanol–water partition coefficient (Wildman–Crippen LogP) is 3.34. The first-order valence-corrected chi connectivity index (χ1v) is 9.14. The third-order valence-electron chi connectivity index (χ3n) is 4.33. The molecule has 2 rings (SSSR count). The summed E-state index contributed by atoms with van der Waals surface area (Å²) in [6.45, 7) is 11.2. The number of rotatable bonds is 7. The van der Waals surface area contributed by atoms with Crippen molar-refractivity contribution in [2.75, 3.05) is 13.2 Å². The van der Waals surface area contributed by atoms with Crippen molar-refractivity contribution in [3.8, 4) is 5.75 Å². The number of aromatic amines is 1. The largest absolute Gasteiger partial charge is 0.483 e.